The van der Waals surface area contributed by atoms with E-state index in [1.165, 1.54) is 0 Å². The van der Waals surface area contributed by atoms with Crippen LogP contribution >= 0.6 is 0 Å². The van der Waals surface area contributed by atoms with Gasteiger partial charge in [0.25, 0.3) is 0 Å². The summed E-state index contributed by atoms with van der Waals surface area (Å²) in [7, 11) is -7.21. The van der Waals surface area contributed by atoms with Crippen molar-refractivity contribution in [1.82, 2.24) is 0 Å². The molecule has 0 aromatic heterocycles. The molecular formula is C2H6O8PbS2. The van der Waals surface area contributed by atoms with Crippen molar-refractivity contribution in [2.24, 2.45) is 0 Å². The van der Waals surface area contributed by atoms with E-state index in [9.17, 15) is 25.9 Å². The van der Waals surface area contributed by atoms with E-state index in [1.807, 2.05) is 0 Å². The number of hydrogen-bond acceptors (Lipinski definition) is 8. The molecule has 0 aliphatic rings. The Morgan fingerprint density at radius 1 is 0.846 bits per heavy atom. The maximum atomic E-state index is 9.22. The summed E-state index contributed by atoms with van der Waals surface area (Å²) >= 11 is 0. The first-order valence-corrected chi connectivity index (χ1v) is 4.82. The van der Waals surface area contributed by atoms with Crippen LogP contribution in [-0.2, 0) is 29.2 Å². The smallest absolute Gasteiger partial charge is 0.726 e. The number of rotatable bonds is 2. The van der Waals surface area contributed by atoms with Crippen molar-refractivity contribution in [1.29, 1.82) is 0 Å². The van der Waals surface area contributed by atoms with E-state index in [4.69, 9.17) is 0 Å². The molecule has 0 heterocycles. The van der Waals surface area contributed by atoms with Crippen molar-refractivity contribution in [3.63, 3.8) is 0 Å². The van der Waals surface area contributed by atoms with Crippen LogP contribution in [0.2, 0.25) is 0 Å². The maximum Gasteiger partial charge on any atom is 2.00 e. The van der Waals surface area contributed by atoms with Crippen molar-refractivity contribution in [3.05, 3.63) is 0 Å². The van der Waals surface area contributed by atoms with Gasteiger partial charge in [0.2, 0.25) is 20.8 Å². The minimum atomic E-state index is -4.41. The Morgan fingerprint density at radius 3 is 0.923 bits per heavy atom. The van der Waals surface area contributed by atoms with Gasteiger partial charge in [0.1, 0.15) is 0 Å². The molecule has 0 saturated carbocycles. The molecule has 0 aliphatic heterocycles. The van der Waals surface area contributed by atoms with Crippen LogP contribution in [0.15, 0.2) is 0 Å². The van der Waals surface area contributed by atoms with Crippen LogP contribution < -0.4 is 0 Å². The van der Waals surface area contributed by atoms with Gasteiger partial charge in [0.05, 0.1) is 14.2 Å². The Bertz CT molecular complexity index is 256. The van der Waals surface area contributed by atoms with Gasteiger partial charge in [-0.2, -0.15) is 0 Å². The first kappa shape index (κ1) is 19.3. The van der Waals surface area contributed by atoms with Crippen LogP contribution in [0.1, 0.15) is 0 Å². The molecule has 78 valence electrons. The van der Waals surface area contributed by atoms with Crippen molar-refractivity contribution >= 4 is 48.1 Å². The topological polar surface area (TPSA) is 133 Å². The average molecular weight is 429 g/mol. The molecule has 0 amide bonds. The van der Waals surface area contributed by atoms with Crippen molar-refractivity contribution in [2.45, 2.75) is 0 Å². The van der Waals surface area contributed by atoms with E-state index in [0.29, 0.717) is 0 Å². The van der Waals surface area contributed by atoms with Gasteiger partial charge >= 0.3 is 27.3 Å². The summed E-state index contributed by atoms with van der Waals surface area (Å²) in [5.74, 6) is 0. The second kappa shape index (κ2) is 8.01. The third kappa shape index (κ3) is 32.4. The SMILES string of the molecule is COS(=O)(=O)[O-].COS(=O)(=O)[O-].[Pb+2]. The van der Waals surface area contributed by atoms with E-state index in [0.717, 1.165) is 14.2 Å². The van der Waals surface area contributed by atoms with E-state index >= 15 is 0 Å². The monoisotopic (exact) mass is 430 g/mol. The Morgan fingerprint density at radius 2 is 0.923 bits per heavy atom. The molecule has 0 rings (SSSR count). The van der Waals surface area contributed by atoms with Crippen LogP contribution in [0.3, 0.4) is 0 Å². The molecule has 0 fully saturated rings. The third-order valence-electron chi connectivity index (χ3n) is 0.408. The molecule has 0 bridgehead atoms. The fraction of sp³-hybridized carbons (Fsp3) is 1.00. The molecule has 0 saturated heterocycles. The molecule has 8 nitrogen and oxygen atoms in total. The molecular weight excluding hydrogens is 423 g/mol. The standard InChI is InChI=1S/2CH4O4S.Pb/c2*1-5-6(2,3)4;/h2*1H3,(H,2,3,4);/q;;+2/p-2. The Balaban J connectivity index is -0.000000143. The molecule has 2 radical (unpaired) electrons. The van der Waals surface area contributed by atoms with Gasteiger partial charge in [0, 0.05) is 0 Å². The molecule has 0 aromatic carbocycles. The molecule has 0 unspecified atom stereocenters. The van der Waals surface area contributed by atoms with Gasteiger partial charge < -0.3 is 9.11 Å². The molecule has 0 spiro atoms. The third-order valence-corrected chi connectivity index (χ3v) is 1.22. The van der Waals surface area contributed by atoms with Crippen LogP contribution in [-0.4, -0.2) is 67.5 Å². The van der Waals surface area contributed by atoms with Crippen molar-refractivity contribution < 1.29 is 34.3 Å². The maximum absolute atomic E-state index is 9.22. The molecule has 0 atom stereocenters. The van der Waals surface area contributed by atoms with Gasteiger partial charge in [-0.15, -0.1) is 0 Å². The average Bonchev–Trinajstić information content (AvgIpc) is 1.86. The van der Waals surface area contributed by atoms with Crippen LogP contribution in [0.5, 0.6) is 0 Å². The predicted octanol–water partition coefficient (Wildman–Crippen LogP) is -2.19. The summed E-state index contributed by atoms with van der Waals surface area (Å²) in [6.45, 7) is 0. The zero-order valence-electron chi connectivity index (χ0n) is 6.58. The summed E-state index contributed by atoms with van der Waals surface area (Å²) < 4.78 is 62.0. The van der Waals surface area contributed by atoms with E-state index in [1.54, 1.807) is 0 Å². The first-order chi connectivity index (χ1) is 5.12. The quantitative estimate of drug-likeness (QED) is 0.275. The van der Waals surface area contributed by atoms with Crippen LogP contribution in [0.25, 0.3) is 0 Å². The Hall–Kier alpha value is 0.662. The zero-order valence-corrected chi connectivity index (χ0v) is 12.1. The molecule has 11 heteroatoms. The summed E-state index contributed by atoms with van der Waals surface area (Å²) in [4.78, 5) is 0. The van der Waals surface area contributed by atoms with E-state index < -0.39 is 20.8 Å². The molecule has 0 aliphatic carbocycles. The van der Waals surface area contributed by atoms with Gasteiger partial charge in [-0.1, -0.05) is 0 Å². The minimum Gasteiger partial charge on any atom is -0.726 e. The van der Waals surface area contributed by atoms with Crippen molar-refractivity contribution in [2.75, 3.05) is 14.2 Å². The largest absolute Gasteiger partial charge is 2.00 e. The van der Waals surface area contributed by atoms with Gasteiger partial charge in [-0.25, -0.2) is 16.8 Å². The van der Waals surface area contributed by atoms with E-state index in [2.05, 4.69) is 8.37 Å². The zero-order chi connectivity index (χ0) is 10.4. The van der Waals surface area contributed by atoms with Gasteiger partial charge in [0.15, 0.2) is 0 Å². The normalized spacial score (nSPS) is 10.8. The second-order valence-electron chi connectivity index (χ2n) is 1.15. The predicted molar refractivity (Wildman–Crippen MR) is 39.2 cm³/mol. The fourth-order valence-corrected chi connectivity index (χ4v) is 0. The molecule has 0 N–H and O–H groups in total. The Kier molecular flexibility index (Phi) is 11.9. The molecule has 13 heavy (non-hydrogen) atoms. The second-order valence-corrected chi connectivity index (χ2v) is 3.45. The van der Waals surface area contributed by atoms with E-state index in [-0.39, 0.29) is 27.3 Å². The van der Waals surface area contributed by atoms with Crippen molar-refractivity contribution in [3.8, 4) is 0 Å². The minimum absolute atomic E-state index is 0. The van der Waals surface area contributed by atoms with Gasteiger partial charge in [-0.3, -0.25) is 8.37 Å². The van der Waals surface area contributed by atoms with Crippen LogP contribution in [0, 0.1) is 0 Å². The van der Waals surface area contributed by atoms with Crippen LogP contribution in [0.4, 0.5) is 0 Å². The number of hydrogen-bond donors (Lipinski definition) is 0. The molecule has 0 aromatic rings. The summed E-state index contributed by atoms with van der Waals surface area (Å²) in [5.41, 5.74) is 0. The Labute approximate surface area is 96.3 Å². The summed E-state index contributed by atoms with van der Waals surface area (Å²) in [6.07, 6.45) is 0. The summed E-state index contributed by atoms with van der Waals surface area (Å²) in [6, 6.07) is 0. The van der Waals surface area contributed by atoms with Gasteiger partial charge in [-0.05, 0) is 0 Å². The first-order valence-electron chi connectivity index (χ1n) is 2.15. The fourth-order valence-electron chi connectivity index (χ4n) is 0. The summed E-state index contributed by atoms with van der Waals surface area (Å²) in [5, 5.41) is 0.